The molecule has 5 amide bonds. The molecule has 14 heteroatoms. The van der Waals surface area contributed by atoms with Crippen LogP contribution in [0.5, 0.6) is 0 Å². The minimum absolute atomic E-state index is 0.0441. The Balaban J connectivity index is 0.876. The van der Waals surface area contributed by atoms with Gasteiger partial charge in [-0.25, -0.2) is 4.39 Å². The lowest BCUT2D eigenvalue weighted by Gasteiger charge is -2.47. The summed E-state index contributed by atoms with van der Waals surface area (Å²) in [4.78, 5) is 81.5. The van der Waals surface area contributed by atoms with Gasteiger partial charge in [-0.3, -0.25) is 39.4 Å². The van der Waals surface area contributed by atoms with Crippen LogP contribution in [0.2, 0.25) is 10.0 Å². The highest BCUT2D eigenvalue weighted by molar-refractivity contribution is 6.31. The number of unbranched alkanes of at least 4 members (excludes halogenated alkanes) is 2. The number of aryl methyl sites for hydroxylation is 1. The van der Waals surface area contributed by atoms with E-state index in [4.69, 9.17) is 23.2 Å². The normalized spacial score (nSPS) is 23.1. The SMILES string of the molecule is Cc1cc(NC(=O)[C@@H]2NC3(CCCCC3)[C@@]3(C(=O)Nc4cc(Cl)ccc43)[C@H]2c2cccc(Cl)c2F)ccc1C(=O)CCCCC#Cc1cccc2c1CN(C1CCC(=O)NC1=O)C2=O. The first kappa shape index (κ1) is 43.4. The van der Waals surface area contributed by atoms with Gasteiger partial charge in [0.15, 0.2) is 5.78 Å². The first-order valence-corrected chi connectivity index (χ1v) is 22.6. The molecule has 4 aromatic rings. The number of ketones is 1. The zero-order valence-corrected chi connectivity index (χ0v) is 36.7. The molecule has 0 bridgehead atoms. The third kappa shape index (κ3) is 7.37. The summed E-state index contributed by atoms with van der Waals surface area (Å²) in [5.74, 6) is 2.84. The average Bonchev–Trinajstić information content (AvgIpc) is 3.87. The minimum Gasteiger partial charge on any atom is -0.325 e. The number of hydrogen-bond acceptors (Lipinski definition) is 7. The molecule has 11 nitrogen and oxygen atoms in total. The molecule has 2 spiro atoms. The van der Waals surface area contributed by atoms with Crippen LogP contribution in [0.4, 0.5) is 15.8 Å². The Hall–Kier alpha value is -5.87. The van der Waals surface area contributed by atoms with Gasteiger partial charge in [0, 0.05) is 70.4 Å². The molecule has 4 aromatic carbocycles. The summed E-state index contributed by atoms with van der Waals surface area (Å²) in [5.41, 5.74) is 2.79. The predicted octanol–water partition coefficient (Wildman–Crippen LogP) is 8.28. The van der Waals surface area contributed by atoms with Gasteiger partial charge in [-0.1, -0.05) is 78.6 Å². The lowest BCUT2D eigenvalue weighted by atomic mass is 9.55. The van der Waals surface area contributed by atoms with Crippen LogP contribution in [0.15, 0.2) is 72.8 Å². The molecule has 2 saturated heterocycles. The predicted molar refractivity (Wildman–Crippen MR) is 241 cm³/mol. The number of rotatable bonds is 9. The van der Waals surface area contributed by atoms with Gasteiger partial charge in [0.2, 0.25) is 23.6 Å². The number of carbonyl (C=O) groups excluding carboxylic acids is 6. The molecule has 64 heavy (non-hydrogen) atoms. The van der Waals surface area contributed by atoms with Gasteiger partial charge in [0.25, 0.3) is 5.91 Å². The number of Topliss-reactive ketones (excluding diaryl/α,β-unsaturated/α-hetero) is 1. The van der Waals surface area contributed by atoms with Crippen molar-refractivity contribution in [3.8, 4) is 11.8 Å². The molecule has 4 aliphatic heterocycles. The van der Waals surface area contributed by atoms with E-state index >= 15 is 4.39 Å². The van der Waals surface area contributed by atoms with Gasteiger partial charge in [-0.05, 0) is 110 Å². The van der Waals surface area contributed by atoms with Gasteiger partial charge in [0.1, 0.15) is 17.3 Å². The third-order valence-corrected chi connectivity index (χ3v) is 14.4. The number of nitrogens with one attached hydrogen (secondary N) is 4. The number of nitrogens with zero attached hydrogens (tertiary/aromatic N) is 1. The Labute approximate surface area is 380 Å². The minimum atomic E-state index is -1.36. The Morgan fingerprint density at radius 2 is 1.73 bits per heavy atom. The summed E-state index contributed by atoms with van der Waals surface area (Å²) >= 11 is 12.8. The highest BCUT2D eigenvalue weighted by atomic mass is 35.5. The smallest absolute Gasteiger partial charge is 0.255 e. The topological polar surface area (TPSA) is 154 Å². The van der Waals surface area contributed by atoms with Crippen molar-refractivity contribution in [3.05, 3.63) is 128 Å². The van der Waals surface area contributed by atoms with Gasteiger partial charge in [0.05, 0.1) is 11.1 Å². The molecule has 1 aliphatic carbocycles. The number of imide groups is 1. The second-order valence-corrected chi connectivity index (χ2v) is 18.4. The number of carbonyl (C=O) groups is 6. The summed E-state index contributed by atoms with van der Waals surface area (Å²) in [6.07, 6.45) is 6.36. The van der Waals surface area contributed by atoms with Crippen LogP contribution >= 0.6 is 23.2 Å². The number of amides is 5. The maximum absolute atomic E-state index is 16.3. The molecular formula is C50H46Cl2FN5O6. The van der Waals surface area contributed by atoms with E-state index in [1.54, 1.807) is 54.6 Å². The number of piperidine rings is 1. The Morgan fingerprint density at radius 3 is 2.52 bits per heavy atom. The standard InChI is InChI=1S/C50H46Cl2FN5O6/c1-28-25-31(18-19-32(28)40(59)16-6-3-2-5-11-29-12-9-13-33-35(29)27-58(47(33)63)39-21-22-41(60)56-45(39)61)54-46(62)44-42(34-14-10-15-37(52)43(34)53)50(49(57-44)23-7-4-8-24-49)36-20-17-30(51)26-38(36)55-48(50)64/h9-10,12-15,17-20,25-26,39,42,44,57H,2-4,6-8,16,21-24,27H2,1H3,(H,54,62)(H,55,64)(H,56,60,61)/t39?,42-,44+,50+/m0/s1. The molecule has 9 rings (SSSR count). The molecule has 4 N–H and O–H groups in total. The molecule has 0 aromatic heterocycles. The fourth-order valence-corrected chi connectivity index (χ4v) is 11.3. The van der Waals surface area contributed by atoms with E-state index in [1.807, 2.05) is 19.1 Å². The van der Waals surface area contributed by atoms with Gasteiger partial charge < -0.3 is 15.5 Å². The fraction of sp³-hybridized carbons (Fsp3) is 0.360. The van der Waals surface area contributed by atoms with Gasteiger partial charge in [-0.15, -0.1) is 0 Å². The molecule has 0 radical (unpaired) electrons. The molecule has 1 unspecified atom stereocenters. The van der Waals surface area contributed by atoms with Crippen LogP contribution < -0.4 is 21.3 Å². The summed E-state index contributed by atoms with van der Waals surface area (Å²) < 4.78 is 16.3. The average molecular weight is 903 g/mol. The van der Waals surface area contributed by atoms with Crippen molar-refractivity contribution < 1.29 is 33.2 Å². The zero-order valence-electron chi connectivity index (χ0n) is 35.2. The van der Waals surface area contributed by atoms with Crippen LogP contribution in [0.1, 0.15) is 125 Å². The number of halogens is 3. The monoisotopic (exact) mass is 901 g/mol. The van der Waals surface area contributed by atoms with Crippen molar-refractivity contribution in [3.63, 3.8) is 0 Å². The van der Waals surface area contributed by atoms with E-state index in [0.717, 1.165) is 24.8 Å². The first-order valence-electron chi connectivity index (χ1n) is 21.9. The van der Waals surface area contributed by atoms with Crippen LogP contribution in [0.3, 0.4) is 0 Å². The quantitative estimate of drug-likeness (QED) is 0.0571. The molecule has 3 fully saturated rings. The van der Waals surface area contributed by atoms with Crippen molar-refractivity contribution >= 4 is 69.9 Å². The molecular weight excluding hydrogens is 856 g/mol. The van der Waals surface area contributed by atoms with E-state index in [9.17, 15) is 28.8 Å². The van der Waals surface area contributed by atoms with Crippen LogP contribution in [0.25, 0.3) is 0 Å². The lowest BCUT2D eigenvalue weighted by molar-refractivity contribution is -0.137. The molecule has 4 heterocycles. The van der Waals surface area contributed by atoms with E-state index < -0.39 is 46.6 Å². The van der Waals surface area contributed by atoms with Crippen molar-refractivity contribution in [2.24, 2.45) is 0 Å². The highest BCUT2D eigenvalue weighted by Crippen LogP contribution is 2.63. The summed E-state index contributed by atoms with van der Waals surface area (Å²) in [5, 5.41) is 12.4. The third-order valence-electron chi connectivity index (χ3n) is 13.9. The Bertz CT molecular complexity index is 2720. The zero-order chi connectivity index (χ0) is 44.9. The second kappa shape index (κ2) is 17.3. The van der Waals surface area contributed by atoms with Crippen LogP contribution in [-0.4, -0.2) is 57.8 Å². The number of hydrogen-bond donors (Lipinski definition) is 4. The summed E-state index contributed by atoms with van der Waals surface area (Å²) in [6, 6.07) is 18.7. The largest absolute Gasteiger partial charge is 0.325 e. The van der Waals surface area contributed by atoms with Crippen molar-refractivity contribution in [1.29, 1.82) is 0 Å². The second-order valence-electron chi connectivity index (χ2n) is 17.5. The maximum Gasteiger partial charge on any atom is 0.255 e. The molecule has 328 valence electrons. The van der Waals surface area contributed by atoms with Crippen molar-refractivity contribution in [2.45, 2.75) is 113 Å². The van der Waals surface area contributed by atoms with E-state index in [2.05, 4.69) is 33.1 Å². The molecule has 5 aliphatic rings. The number of anilines is 2. The van der Waals surface area contributed by atoms with E-state index in [1.165, 1.54) is 11.0 Å². The Kier molecular flexibility index (Phi) is 11.7. The van der Waals surface area contributed by atoms with Gasteiger partial charge in [-0.2, -0.15) is 0 Å². The first-order chi connectivity index (χ1) is 30.8. The maximum atomic E-state index is 16.3. The van der Waals surface area contributed by atoms with Crippen LogP contribution in [-0.2, 0) is 31.1 Å². The van der Waals surface area contributed by atoms with Crippen molar-refractivity contribution in [1.82, 2.24) is 15.5 Å². The molecule has 4 atom stereocenters. The van der Waals surface area contributed by atoms with E-state index in [0.29, 0.717) is 82.7 Å². The number of fused-ring (bicyclic) bond motifs is 4. The van der Waals surface area contributed by atoms with E-state index in [-0.39, 0.29) is 53.5 Å². The highest BCUT2D eigenvalue weighted by Gasteiger charge is 2.72. The fourth-order valence-electron chi connectivity index (χ4n) is 11.0. The lowest BCUT2D eigenvalue weighted by Crippen LogP contribution is -2.60. The summed E-state index contributed by atoms with van der Waals surface area (Å²) in [6.45, 7) is 2.06. The van der Waals surface area contributed by atoms with Crippen LogP contribution in [0, 0.1) is 24.6 Å². The van der Waals surface area contributed by atoms with Gasteiger partial charge >= 0.3 is 0 Å². The summed E-state index contributed by atoms with van der Waals surface area (Å²) in [7, 11) is 0. The van der Waals surface area contributed by atoms with Crippen molar-refractivity contribution in [2.75, 3.05) is 10.6 Å². The molecule has 1 saturated carbocycles. The Morgan fingerprint density at radius 1 is 0.938 bits per heavy atom. The number of benzene rings is 4.